The average Bonchev–Trinajstić information content (AvgIpc) is 2.91. The van der Waals surface area contributed by atoms with E-state index < -0.39 is 23.6 Å². The number of carbonyl (C=O) groups is 2. The third-order valence-electron chi connectivity index (χ3n) is 5.98. The molecule has 0 bridgehead atoms. The Kier molecular flexibility index (Phi) is 6.45. The molecule has 4 aromatic carbocycles. The van der Waals surface area contributed by atoms with Crippen LogP contribution in [0.5, 0.6) is 0 Å². The molecule has 0 aromatic heterocycles. The SMILES string of the molecule is COC(=O)c1ccc2c(C(O)C(O)(c3ccccc3)c3ccccc3)c(C(=O)OC)ccc2c1. The van der Waals surface area contributed by atoms with Gasteiger partial charge in [-0.1, -0.05) is 72.8 Å². The van der Waals surface area contributed by atoms with Crippen molar-refractivity contribution < 1.29 is 29.3 Å². The summed E-state index contributed by atoms with van der Waals surface area (Å²) in [6.45, 7) is 0. The van der Waals surface area contributed by atoms with Gasteiger partial charge in [-0.2, -0.15) is 0 Å². The first-order valence-electron chi connectivity index (χ1n) is 10.7. The molecule has 0 aliphatic heterocycles. The van der Waals surface area contributed by atoms with Gasteiger partial charge in [0, 0.05) is 5.56 Å². The molecule has 0 aliphatic carbocycles. The number of esters is 2. The van der Waals surface area contributed by atoms with Crippen LogP contribution in [0.4, 0.5) is 0 Å². The van der Waals surface area contributed by atoms with Crippen LogP contribution in [0.2, 0.25) is 0 Å². The van der Waals surface area contributed by atoms with Gasteiger partial charge in [-0.15, -0.1) is 0 Å². The van der Waals surface area contributed by atoms with Crippen LogP contribution in [-0.2, 0) is 15.1 Å². The Morgan fingerprint density at radius 3 is 1.85 bits per heavy atom. The Bertz CT molecular complexity index is 1290. The molecule has 4 rings (SSSR count). The van der Waals surface area contributed by atoms with Gasteiger partial charge in [-0.05, 0) is 40.1 Å². The van der Waals surface area contributed by atoms with E-state index in [1.165, 1.54) is 20.3 Å². The summed E-state index contributed by atoms with van der Waals surface area (Å²) in [5.41, 5.74) is -0.363. The van der Waals surface area contributed by atoms with Crippen molar-refractivity contribution in [1.82, 2.24) is 0 Å². The summed E-state index contributed by atoms with van der Waals surface area (Å²) in [5, 5.41) is 25.0. The van der Waals surface area contributed by atoms with Gasteiger partial charge >= 0.3 is 11.9 Å². The standard InChI is InChI=1S/C28H24O6/c1-33-26(30)19-14-15-22-18(17-19)13-16-23(27(31)34-2)24(22)25(29)28(32,20-9-5-3-6-10-20)21-11-7-4-8-12-21/h3-17,25,29,32H,1-2H3. The predicted molar refractivity (Wildman–Crippen MR) is 127 cm³/mol. The van der Waals surface area contributed by atoms with Gasteiger partial charge in [0.2, 0.25) is 0 Å². The largest absolute Gasteiger partial charge is 0.465 e. The highest BCUT2D eigenvalue weighted by Crippen LogP contribution is 2.44. The van der Waals surface area contributed by atoms with Crippen LogP contribution in [0.1, 0.15) is 43.5 Å². The Morgan fingerprint density at radius 1 is 0.765 bits per heavy atom. The number of benzene rings is 4. The van der Waals surface area contributed by atoms with Crippen molar-refractivity contribution in [2.24, 2.45) is 0 Å². The molecule has 0 saturated carbocycles. The first-order valence-corrected chi connectivity index (χ1v) is 10.7. The number of carbonyl (C=O) groups excluding carboxylic acids is 2. The van der Waals surface area contributed by atoms with Crippen molar-refractivity contribution in [1.29, 1.82) is 0 Å². The second-order valence-corrected chi connectivity index (χ2v) is 7.85. The lowest BCUT2D eigenvalue weighted by Gasteiger charge is -2.35. The Balaban J connectivity index is 2.02. The first kappa shape index (κ1) is 23.2. The zero-order chi connectivity index (χ0) is 24.3. The van der Waals surface area contributed by atoms with Crippen LogP contribution in [0, 0.1) is 0 Å². The Hall–Kier alpha value is -4.00. The van der Waals surface area contributed by atoms with E-state index in [1.54, 1.807) is 72.8 Å². The monoisotopic (exact) mass is 456 g/mol. The molecule has 6 heteroatoms. The highest BCUT2D eigenvalue weighted by molar-refractivity contribution is 6.01. The van der Waals surface area contributed by atoms with E-state index >= 15 is 0 Å². The molecule has 172 valence electrons. The van der Waals surface area contributed by atoms with Crippen molar-refractivity contribution in [3.05, 3.63) is 119 Å². The number of methoxy groups -OCH3 is 2. The predicted octanol–water partition coefficient (Wildman–Crippen LogP) is 4.38. The normalized spacial score (nSPS) is 12.2. The van der Waals surface area contributed by atoms with Gasteiger partial charge in [0.25, 0.3) is 0 Å². The maximum atomic E-state index is 12.7. The number of rotatable bonds is 6. The van der Waals surface area contributed by atoms with Gasteiger partial charge in [0.15, 0.2) is 0 Å². The molecule has 1 atom stereocenters. The van der Waals surface area contributed by atoms with Crippen LogP contribution in [0.25, 0.3) is 10.8 Å². The van der Waals surface area contributed by atoms with E-state index in [1.807, 2.05) is 12.1 Å². The van der Waals surface area contributed by atoms with Crippen molar-refractivity contribution >= 4 is 22.7 Å². The number of hydrogen-bond donors (Lipinski definition) is 2. The molecule has 0 spiro atoms. The average molecular weight is 456 g/mol. The van der Waals surface area contributed by atoms with Gasteiger partial charge in [0.05, 0.1) is 25.3 Å². The fourth-order valence-electron chi connectivity index (χ4n) is 4.26. The zero-order valence-corrected chi connectivity index (χ0v) is 18.8. The van der Waals surface area contributed by atoms with Gasteiger partial charge in [-0.25, -0.2) is 9.59 Å². The Labute approximate surface area is 197 Å². The minimum Gasteiger partial charge on any atom is -0.465 e. The van der Waals surface area contributed by atoms with Crippen LogP contribution < -0.4 is 0 Å². The molecule has 0 aliphatic rings. The summed E-state index contributed by atoms with van der Waals surface area (Å²) in [5.74, 6) is -1.16. The molecule has 6 nitrogen and oxygen atoms in total. The molecular formula is C28H24O6. The van der Waals surface area contributed by atoms with E-state index in [4.69, 9.17) is 9.47 Å². The molecular weight excluding hydrogens is 432 g/mol. The molecule has 2 N–H and O–H groups in total. The van der Waals surface area contributed by atoms with Crippen LogP contribution in [0.3, 0.4) is 0 Å². The molecule has 0 fully saturated rings. The van der Waals surface area contributed by atoms with Gasteiger partial charge in [0.1, 0.15) is 11.7 Å². The highest BCUT2D eigenvalue weighted by Gasteiger charge is 2.42. The number of aliphatic hydroxyl groups excluding tert-OH is 1. The van der Waals surface area contributed by atoms with Crippen molar-refractivity contribution in [3.8, 4) is 0 Å². The molecule has 4 aromatic rings. The summed E-state index contributed by atoms with van der Waals surface area (Å²) < 4.78 is 9.78. The van der Waals surface area contributed by atoms with Crippen LogP contribution >= 0.6 is 0 Å². The van der Waals surface area contributed by atoms with Crippen molar-refractivity contribution in [2.75, 3.05) is 14.2 Å². The van der Waals surface area contributed by atoms with E-state index in [0.29, 0.717) is 27.5 Å². The summed E-state index contributed by atoms with van der Waals surface area (Å²) in [4.78, 5) is 24.8. The van der Waals surface area contributed by atoms with Crippen molar-refractivity contribution in [3.63, 3.8) is 0 Å². The molecule has 0 saturated heterocycles. The molecule has 0 amide bonds. The number of fused-ring (bicyclic) bond motifs is 1. The lowest BCUT2D eigenvalue weighted by atomic mass is 9.76. The van der Waals surface area contributed by atoms with Crippen LogP contribution in [0.15, 0.2) is 91.0 Å². The summed E-state index contributed by atoms with van der Waals surface area (Å²) in [7, 11) is 2.55. The minimum absolute atomic E-state index is 0.110. The lowest BCUT2D eigenvalue weighted by Crippen LogP contribution is -2.36. The van der Waals surface area contributed by atoms with Crippen molar-refractivity contribution in [2.45, 2.75) is 11.7 Å². The van der Waals surface area contributed by atoms with Gasteiger partial charge in [-0.3, -0.25) is 0 Å². The number of aliphatic hydroxyl groups is 2. The lowest BCUT2D eigenvalue weighted by molar-refractivity contribution is -0.0514. The maximum absolute atomic E-state index is 12.7. The zero-order valence-electron chi connectivity index (χ0n) is 18.8. The maximum Gasteiger partial charge on any atom is 0.338 e. The van der Waals surface area contributed by atoms with E-state index in [0.717, 1.165) is 0 Å². The summed E-state index contributed by atoms with van der Waals surface area (Å²) >= 11 is 0. The fraction of sp³-hybridized carbons (Fsp3) is 0.143. The van der Waals surface area contributed by atoms with E-state index in [-0.39, 0.29) is 11.1 Å². The molecule has 0 radical (unpaired) electrons. The third-order valence-corrected chi connectivity index (χ3v) is 5.98. The minimum atomic E-state index is -1.89. The Morgan fingerprint density at radius 2 is 1.32 bits per heavy atom. The highest BCUT2D eigenvalue weighted by atomic mass is 16.5. The second kappa shape index (κ2) is 9.47. The summed E-state index contributed by atoms with van der Waals surface area (Å²) in [6, 6.07) is 25.5. The van der Waals surface area contributed by atoms with Gasteiger partial charge < -0.3 is 19.7 Å². The smallest absolute Gasteiger partial charge is 0.338 e. The van der Waals surface area contributed by atoms with Crippen LogP contribution in [-0.4, -0.2) is 36.4 Å². The van der Waals surface area contributed by atoms with E-state index in [2.05, 4.69) is 0 Å². The molecule has 1 unspecified atom stereocenters. The first-order chi connectivity index (χ1) is 16.4. The quantitative estimate of drug-likeness (QED) is 0.418. The second-order valence-electron chi connectivity index (χ2n) is 7.85. The summed E-state index contributed by atoms with van der Waals surface area (Å²) in [6.07, 6.45) is -1.56. The number of hydrogen-bond acceptors (Lipinski definition) is 6. The van der Waals surface area contributed by atoms with E-state index in [9.17, 15) is 19.8 Å². The number of ether oxygens (including phenoxy) is 2. The molecule has 34 heavy (non-hydrogen) atoms. The topological polar surface area (TPSA) is 93.1 Å². The fourth-order valence-corrected chi connectivity index (χ4v) is 4.26. The molecule has 0 heterocycles. The third kappa shape index (κ3) is 3.94.